The van der Waals surface area contributed by atoms with E-state index >= 15 is 0 Å². The van der Waals surface area contributed by atoms with Gasteiger partial charge < -0.3 is 24.7 Å². The van der Waals surface area contributed by atoms with E-state index in [0.717, 1.165) is 132 Å². The average Bonchev–Trinajstić information content (AvgIpc) is 4.14. The number of amides is 1. The summed E-state index contributed by atoms with van der Waals surface area (Å²) in [7, 11) is 3.73. The van der Waals surface area contributed by atoms with Crippen molar-refractivity contribution in [3.8, 4) is 17.2 Å². The maximum Gasteiger partial charge on any atom is 0.309 e. The second-order valence-corrected chi connectivity index (χ2v) is 20.6. The molecule has 4 saturated carbocycles. The Balaban J connectivity index is 0.805. The Labute approximate surface area is 377 Å². The van der Waals surface area contributed by atoms with Crippen molar-refractivity contribution < 1.29 is 29.4 Å². The molecule has 0 radical (unpaired) electrons. The molecule has 4 aliphatic carbocycles. The molecule has 64 heavy (non-hydrogen) atoms. The summed E-state index contributed by atoms with van der Waals surface area (Å²) < 4.78 is 3.74. The molecule has 2 aromatic heterocycles. The molecular formula is C49H55ClN8O6. The van der Waals surface area contributed by atoms with Crippen molar-refractivity contribution in [2.45, 2.75) is 103 Å². The lowest BCUT2D eigenvalue weighted by atomic mass is 9.80. The molecule has 2 aliphatic heterocycles. The van der Waals surface area contributed by atoms with E-state index in [1.165, 1.54) is 0 Å². The molecule has 14 nitrogen and oxygen atoms in total. The maximum absolute atomic E-state index is 14.0. The number of carbonyl (C=O) groups excluding carboxylic acids is 2. The number of ketones is 1. The van der Waals surface area contributed by atoms with E-state index in [9.17, 15) is 34.7 Å². The van der Waals surface area contributed by atoms with Gasteiger partial charge in [0.2, 0.25) is 5.78 Å². The molecule has 334 valence electrons. The van der Waals surface area contributed by atoms with Crippen LogP contribution in [0.3, 0.4) is 0 Å². The smallest absolute Gasteiger partial charge is 0.309 e. The number of imidazole rings is 2. The zero-order valence-electron chi connectivity index (χ0n) is 36.6. The number of nitriles is 1. The topological polar surface area (TPSA) is 187 Å². The number of nitrogens with zero attached hydrogens (tertiary/aromatic N) is 7. The Morgan fingerprint density at radius 3 is 1.97 bits per heavy atom. The van der Waals surface area contributed by atoms with Crippen LogP contribution >= 0.6 is 11.6 Å². The van der Waals surface area contributed by atoms with Crippen LogP contribution in [-0.2, 0) is 56.0 Å². The van der Waals surface area contributed by atoms with Crippen LogP contribution < -0.4 is 5.32 Å². The molecule has 10 rings (SSSR count). The number of nitrogens with one attached hydrogen (secondary N) is 1. The highest BCUT2D eigenvalue weighted by molar-refractivity contribution is 6.36. The maximum atomic E-state index is 14.0. The average molecular weight is 887 g/mol. The zero-order valence-corrected chi connectivity index (χ0v) is 37.4. The standard InChI is InChI=1S/C49H55ClN8O6/c1-55-37-10-21-58(29-47-13-17-49(28-47,18-14-47)45(63)64)26-36(37)52-41(55)39(59)23-30-5-3-6-31(33(30)24-51)32-7-4-8-34(40(32)50)54-43(60)42-53-35-25-57(20-9-38(35)56(42)2)22-19-46-11-15-48(27-46,16-12-46)44(61)62/h3-8H,9-23,25-29H2,1-2H3,(H,54,60)(H,61,62)(H,63,64). The normalized spacial score (nSPS) is 27.0. The van der Waals surface area contributed by atoms with Crippen molar-refractivity contribution >= 4 is 40.9 Å². The van der Waals surface area contributed by atoms with Gasteiger partial charge in [-0.05, 0) is 99.6 Å². The number of halogens is 1. The fourth-order valence-electron chi connectivity index (χ4n) is 13.0. The minimum Gasteiger partial charge on any atom is -0.481 e. The number of carbonyl (C=O) groups is 4. The van der Waals surface area contributed by atoms with Crippen molar-refractivity contribution in [2.24, 2.45) is 35.8 Å². The van der Waals surface area contributed by atoms with Gasteiger partial charge in [0.1, 0.15) is 6.07 Å². The van der Waals surface area contributed by atoms with Crippen molar-refractivity contribution in [1.29, 1.82) is 5.26 Å². The minimum atomic E-state index is -0.656. The Bertz CT molecular complexity index is 2660. The third kappa shape index (κ3) is 7.06. The van der Waals surface area contributed by atoms with Gasteiger partial charge in [0.25, 0.3) is 5.91 Å². The predicted molar refractivity (Wildman–Crippen MR) is 238 cm³/mol. The molecule has 15 heteroatoms. The van der Waals surface area contributed by atoms with Gasteiger partial charge in [0.05, 0.1) is 38.5 Å². The number of benzene rings is 2. The fourth-order valence-corrected chi connectivity index (χ4v) is 13.3. The molecule has 4 bridgehead atoms. The van der Waals surface area contributed by atoms with Crippen molar-refractivity contribution in [2.75, 3.05) is 31.5 Å². The van der Waals surface area contributed by atoms with Crippen LogP contribution in [-0.4, -0.2) is 88.9 Å². The van der Waals surface area contributed by atoms with Crippen LogP contribution in [0.5, 0.6) is 0 Å². The van der Waals surface area contributed by atoms with Crippen LogP contribution in [0.2, 0.25) is 5.02 Å². The summed E-state index contributed by atoms with van der Waals surface area (Å²) >= 11 is 7.04. The molecular weight excluding hydrogens is 832 g/mol. The van der Waals surface area contributed by atoms with Gasteiger partial charge in [0.15, 0.2) is 11.6 Å². The Morgan fingerprint density at radius 1 is 0.766 bits per heavy atom. The number of anilines is 1. The summed E-state index contributed by atoms with van der Waals surface area (Å²) in [5, 5.41) is 33.5. The molecule has 0 atom stereocenters. The van der Waals surface area contributed by atoms with Crippen LogP contribution in [0.1, 0.15) is 126 Å². The molecule has 0 spiro atoms. The number of carboxylic acids is 2. The van der Waals surface area contributed by atoms with E-state index in [1.54, 1.807) is 36.4 Å². The van der Waals surface area contributed by atoms with Gasteiger partial charge in [0, 0.05) is 88.6 Å². The number of hydrogen-bond donors (Lipinski definition) is 3. The highest BCUT2D eigenvalue weighted by Gasteiger charge is 2.59. The quantitative estimate of drug-likeness (QED) is 0.115. The van der Waals surface area contributed by atoms with E-state index in [4.69, 9.17) is 21.6 Å². The number of aliphatic carboxylic acids is 2. The van der Waals surface area contributed by atoms with Gasteiger partial charge in [-0.25, -0.2) is 9.97 Å². The van der Waals surface area contributed by atoms with Gasteiger partial charge in [-0.15, -0.1) is 0 Å². The molecule has 0 unspecified atom stereocenters. The second-order valence-electron chi connectivity index (χ2n) is 20.2. The monoisotopic (exact) mass is 886 g/mol. The predicted octanol–water partition coefficient (Wildman–Crippen LogP) is 7.20. The number of Topliss-reactive ketones (excluding diaryl/α,β-unsaturated/α-hetero) is 1. The van der Waals surface area contributed by atoms with Crippen molar-refractivity contribution in [1.82, 2.24) is 28.9 Å². The Kier molecular flexibility index (Phi) is 10.4. The first kappa shape index (κ1) is 42.6. The molecule has 2 aromatic carbocycles. The first-order valence-corrected chi connectivity index (χ1v) is 23.2. The lowest BCUT2D eigenvalue weighted by Gasteiger charge is -2.35. The summed E-state index contributed by atoms with van der Waals surface area (Å²) in [5.74, 6) is -1.26. The lowest BCUT2D eigenvalue weighted by Crippen LogP contribution is -2.39. The number of fused-ring (bicyclic) bond motifs is 6. The Morgan fingerprint density at radius 2 is 1.33 bits per heavy atom. The third-order valence-corrected chi connectivity index (χ3v) is 17.1. The summed E-state index contributed by atoms with van der Waals surface area (Å²) in [6.07, 6.45) is 10.9. The molecule has 3 N–H and O–H groups in total. The van der Waals surface area contributed by atoms with Gasteiger partial charge in [-0.2, -0.15) is 5.26 Å². The van der Waals surface area contributed by atoms with Crippen LogP contribution in [0.25, 0.3) is 11.1 Å². The molecule has 4 fully saturated rings. The van der Waals surface area contributed by atoms with Crippen LogP contribution in [0.4, 0.5) is 5.69 Å². The first-order valence-electron chi connectivity index (χ1n) is 22.8. The molecule has 4 heterocycles. The van der Waals surface area contributed by atoms with Crippen molar-refractivity contribution in [3.05, 3.63) is 87.0 Å². The SMILES string of the molecule is Cn1c(C(=O)Cc2cccc(-c3cccc(NC(=O)c4nc5c(n4C)CCN(CCC46CCC(C(=O)O)(CC4)C6)C5)c3Cl)c2C#N)nc2c1CCN(CC13CCC(C(=O)O)(CC1)C3)C2. The molecule has 6 aliphatic rings. The summed E-state index contributed by atoms with van der Waals surface area (Å²) in [6.45, 7) is 4.63. The van der Waals surface area contributed by atoms with E-state index in [0.29, 0.717) is 46.9 Å². The highest BCUT2D eigenvalue weighted by Crippen LogP contribution is 2.63. The van der Waals surface area contributed by atoms with Gasteiger partial charge in [-0.3, -0.25) is 29.0 Å². The molecule has 0 saturated heterocycles. The summed E-state index contributed by atoms with van der Waals surface area (Å²) in [4.78, 5) is 66.3. The van der Waals surface area contributed by atoms with Crippen LogP contribution in [0, 0.1) is 33.0 Å². The molecule has 1 amide bonds. The van der Waals surface area contributed by atoms with E-state index < -0.39 is 28.7 Å². The third-order valence-electron chi connectivity index (χ3n) is 16.7. The largest absolute Gasteiger partial charge is 0.481 e. The van der Waals surface area contributed by atoms with E-state index in [-0.39, 0.29) is 33.9 Å². The van der Waals surface area contributed by atoms with Gasteiger partial charge in [-0.1, -0.05) is 41.9 Å². The zero-order chi connectivity index (χ0) is 44.8. The van der Waals surface area contributed by atoms with E-state index in [2.05, 4.69) is 21.2 Å². The number of aromatic nitrogens is 4. The molecule has 4 aromatic rings. The highest BCUT2D eigenvalue weighted by atomic mass is 35.5. The number of carboxylic acid groups (broad SMARTS) is 2. The first-order chi connectivity index (χ1) is 30.7. The summed E-state index contributed by atoms with van der Waals surface area (Å²) in [5.41, 5.74) is 5.19. The van der Waals surface area contributed by atoms with Crippen LogP contribution in [0.15, 0.2) is 36.4 Å². The minimum absolute atomic E-state index is 0.0333. The van der Waals surface area contributed by atoms with Gasteiger partial charge >= 0.3 is 11.9 Å². The summed E-state index contributed by atoms with van der Waals surface area (Å²) in [6, 6.07) is 13.0. The lowest BCUT2D eigenvalue weighted by molar-refractivity contribution is -0.149. The number of rotatable bonds is 13. The van der Waals surface area contributed by atoms with E-state index in [1.807, 2.05) is 23.2 Å². The van der Waals surface area contributed by atoms with Crippen molar-refractivity contribution in [3.63, 3.8) is 0 Å². The fraction of sp³-hybridized carbons (Fsp3) is 0.531. The number of hydrogen-bond acceptors (Lipinski definition) is 9. The Hall–Kier alpha value is -5.36. The second kappa shape index (κ2) is 15.7.